The van der Waals surface area contributed by atoms with Gasteiger partial charge in [-0.2, -0.15) is 5.10 Å². The molecule has 0 unspecified atom stereocenters. The van der Waals surface area contributed by atoms with E-state index in [0.29, 0.717) is 11.3 Å². The second-order valence-corrected chi connectivity index (χ2v) is 3.13. The van der Waals surface area contributed by atoms with Crippen molar-refractivity contribution in [3.8, 4) is 0 Å². The van der Waals surface area contributed by atoms with Crippen LogP contribution in [0.5, 0.6) is 0 Å². The maximum Gasteiger partial charge on any atom is 0.210 e. The first-order valence-corrected chi connectivity index (χ1v) is 4.58. The molecule has 0 bridgehead atoms. The lowest BCUT2D eigenvalue weighted by Crippen LogP contribution is -2.01. The molecule has 1 N–H and O–H groups in total. The molecule has 1 aromatic heterocycles. The van der Waals surface area contributed by atoms with Crippen LogP contribution in [0.3, 0.4) is 0 Å². The van der Waals surface area contributed by atoms with Gasteiger partial charge in [-0.15, -0.1) is 0 Å². The van der Waals surface area contributed by atoms with E-state index in [9.17, 15) is 4.79 Å². The number of H-pyrrole nitrogens is 1. The van der Waals surface area contributed by atoms with Crippen molar-refractivity contribution in [3.63, 3.8) is 0 Å². The second-order valence-electron chi connectivity index (χ2n) is 3.13. The summed E-state index contributed by atoms with van der Waals surface area (Å²) in [4.78, 5) is 11.9. The largest absolute Gasteiger partial charge is 0.287 e. The number of nitrogens with zero attached hydrogens (tertiary/aromatic N) is 1. The molecule has 0 atom stereocenters. The molecule has 0 aliphatic heterocycles. The Morgan fingerprint density at radius 1 is 1.40 bits per heavy atom. The Hall–Kier alpha value is -2.16. The van der Waals surface area contributed by atoms with Crippen molar-refractivity contribution in [3.05, 3.63) is 59.9 Å². The van der Waals surface area contributed by atoms with E-state index in [1.165, 1.54) is 0 Å². The molecule has 0 fully saturated rings. The summed E-state index contributed by atoms with van der Waals surface area (Å²) < 4.78 is 0. The molecule has 0 amide bonds. The van der Waals surface area contributed by atoms with Crippen molar-refractivity contribution in [2.75, 3.05) is 0 Å². The first kappa shape index (κ1) is 9.40. The normalized spacial score (nSPS) is 9.87. The zero-order valence-electron chi connectivity index (χ0n) is 8.10. The first-order valence-electron chi connectivity index (χ1n) is 4.58. The topological polar surface area (TPSA) is 45.8 Å². The summed E-state index contributed by atoms with van der Waals surface area (Å²) in [6, 6.07) is 8.96. The third kappa shape index (κ3) is 1.86. The van der Waals surface area contributed by atoms with Crippen molar-refractivity contribution in [2.24, 2.45) is 0 Å². The van der Waals surface area contributed by atoms with E-state index in [4.69, 9.17) is 0 Å². The average molecular weight is 198 g/mol. The quantitative estimate of drug-likeness (QED) is 0.769. The number of rotatable bonds is 3. The molecule has 0 radical (unpaired) electrons. The predicted molar refractivity (Wildman–Crippen MR) is 58.6 cm³/mol. The Kier molecular flexibility index (Phi) is 2.46. The number of carbonyl (C=O) groups is 1. The molecule has 15 heavy (non-hydrogen) atoms. The monoisotopic (exact) mass is 198 g/mol. The molecule has 1 heterocycles. The summed E-state index contributed by atoms with van der Waals surface area (Å²) >= 11 is 0. The molecule has 0 aliphatic carbocycles. The highest BCUT2D eigenvalue weighted by Crippen LogP contribution is 2.10. The van der Waals surface area contributed by atoms with Gasteiger partial charge in [-0.3, -0.25) is 9.89 Å². The summed E-state index contributed by atoms with van der Waals surface area (Å²) in [6.07, 6.45) is 3.27. The zero-order valence-corrected chi connectivity index (χ0v) is 8.10. The number of nitrogens with one attached hydrogen (secondary N) is 1. The molecule has 3 nitrogen and oxygen atoms in total. The molecular formula is C12H10N2O. The lowest BCUT2D eigenvalue weighted by atomic mass is 10.1. The molecule has 0 saturated carbocycles. The van der Waals surface area contributed by atoms with E-state index in [2.05, 4.69) is 16.8 Å². The van der Waals surface area contributed by atoms with E-state index in [1.54, 1.807) is 30.5 Å². The first-order chi connectivity index (χ1) is 7.31. The fourth-order valence-corrected chi connectivity index (χ4v) is 1.34. The van der Waals surface area contributed by atoms with E-state index in [1.807, 2.05) is 12.1 Å². The third-order valence-corrected chi connectivity index (χ3v) is 2.13. The van der Waals surface area contributed by atoms with Gasteiger partial charge in [-0.1, -0.05) is 30.9 Å². The highest BCUT2D eigenvalue weighted by molar-refractivity contribution is 6.07. The van der Waals surface area contributed by atoms with Crippen molar-refractivity contribution >= 4 is 11.9 Å². The van der Waals surface area contributed by atoms with Gasteiger partial charge in [-0.05, 0) is 17.7 Å². The molecule has 0 spiro atoms. The van der Waals surface area contributed by atoms with Crippen LogP contribution in [-0.2, 0) is 0 Å². The Morgan fingerprint density at radius 3 is 2.93 bits per heavy atom. The highest BCUT2D eigenvalue weighted by atomic mass is 16.1. The van der Waals surface area contributed by atoms with E-state index in [-0.39, 0.29) is 5.78 Å². The Labute approximate surface area is 87.5 Å². The van der Waals surface area contributed by atoms with Crippen LogP contribution in [0.1, 0.15) is 21.6 Å². The fourth-order valence-electron chi connectivity index (χ4n) is 1.34. The molecular weight excluding hydrogens is 188 g/mol. The van der Waals surface area contributed by atoms with Gasteiger partial charge in [0, 0.05) is 11.8 Å². The van der Waals surface area contributed by atoms with Gasteiger partial charge in [0.15, 0.2) is 0 Å². The Morgan fingerprint density at radius 2 is 2.27 bits per heavy atom. The van der Waals surface area contributed by atoms with Crippen LogP contribution < -0.4 is 0 Å². The number of hydrogen-bond acceptors (Lipinski definition) is 2. The van der Waals surface area contributed by atoms with Crippen LogP contribution in [0, 0.1) is 0 Å². The molecule has 1 aromatic carbocycles. The van der Waals surface area contributed by atoms with Gasteiger partial charge in [0.25, 0.3) is 0 Å². The van der Waals surface area contributed by atoms with Crippen LogP contribution in [0.25, 0.3) is 6.08 Å². The minimum absolute atomic E-state index is 0.0591. The average Bonchev–Trinajstić information content (AvgIpc) is 2.81. The van der Waals surface area contributed by atoms with E-state index in [0.717, 1.165) is 5.56 Å². The molecule has 2 aromatic rings. The van der Waals surface area contributed by atoms with Crippen LogP contribution >= 0.6 is 0 Å². The van der Waals surface area contributed by atoms with Crippen molar-refractivity contribution in [1.29, 1.82) is 0 Å². The molecule has 74 valence electrons. The lowest BCUT2D eigenvalue weighted by Gasteiger charge is -1.99. The molecule has 3 heteroatoms. The number of aromatic nitrogens is 2. The number of carbonyl (C=O) groups excluding carboxylic acids is 1. The highest BCUT2D eigenvalue weighted by Gasteiger charge is 2.09. The van der Waals surface area contributed by atoms with Crippen LogP contribution in [0.2, 0.25) is 0 Å². The second kappa shape index (κ2) is 3.92. The van der Waals surface area contributed by atoms with Crippen LogP contribution in [-0.4, -0.2) is 16.0 Å². The van der Waals surface area contributed by atoms with Crippen LogP contribution in [0.4, 0.5) is 0 Å². The van der Waals surface area contributed by atoms with Crippen molar-refractivity contribution < 1.29 is 4.79 Å². The molecule has 2 rings (SSSR count). The van der Waals surface area contributed by atoms with Gasteiger partial charge in [0.1, 0.15) is 5.69 Å². The van der Waals surface area contributed by atoms with Gasteiger partial charge in [0.05, 0.1) is 0 Å². The fraction of sp³-hybridized carbons (Fsp3) is 0. The number of ketones is 1. The van der Waals surface area contributed by atoms with E-state index >= 15 is 0 Å². The summed E-state index contributed by atoms with van der Waals surface area (Å²) in [5.41, 5.74) is 2.06. The summed E-state index contributed by atoms with van der Waals surface area (Å²) in [5, 5.41) is 6.39. The van der Waals surface area contributed by atoms with Crippen molar-refractivity contribution in [2.45, 2.75) is 0 Å². The minimum atomic E-state index is -0.0591. The number of benzene rings is 1. The summed E-state index contributed by atoms with van der Waals surface area (Å²) in [7, 11) is 0. The maximum atomic E-state index is 11.9. The van der Waals surface area contributed by atoms with Crippen molar-refractivity contribution in [1.82, 2.24) is 10.2 Å². The smallest absolute Gasteiger partial charge is 0.210 e. The van der Waals surface area contributed by atoms with Gasteiger partial charge >= 0.3 is 0 Å². The number of hydrogen-bond donors (Lipinski definition) is 1. The summed E-state index contributed by atoms with van der Waals surface area (Å²) in [5.74, 6) is -0.0591. The van der Waals surface area contributed by atoms with E-state index < -0.39 is 0 Å². The van der Waals surface area contributed by atoms with Gasteiger partial charge in [0.2, 0.25) is 5.78 Å². The Balaban J connectivity index is 2.38. The summed E-state index contributed by atoms with van der Waals surface area (Å²) in [6.45, 7) is 3.66. The minimum Gasteiger partial charge on any atom is -0.287 e. The Bertz CT molecular complexity index is 486. The predicted octanol–water partition coefficient (Wildman–Crippen LogP) is 2.28. The van der Waals surface area contributed by atoms with Crippen LogP contribution in [0.15, 0.2) is 43.1 Å². The number of aromatic amines is 1. The lowest BCUT2D eigenvalue weighted by molar-refractivity contribution is 0.103. The SMILES string of the molecule is C=Cc1cccc(C(=O)c2ccn[nH]2)c1. The molecule has 0 saturated heterocycles. The van der Waals surface area contributed by atoms with Gasteiger partial charge in [-0.25, -0.2) is 0 Å². The standard InChI is InChI=1S/C12H10N2O/c1-2-9-4-3-5-10(8-9)12(15)11-6-7-13-14-11/h2-8H,1H2,(H,13,14). The zero-order chi connectivity index (χ0) is 10.7. The van der Waals surface area contributed by atoms with Gasteiger partial charge < -0.3 is 0 Å². The molecule has 0 aliphatic rings. The third-order valence-electron chi connectivity index (χ3n) is 2.13. The maximum absolute atomic E-state index is 11.9.